The lowest BCUT2D eigenvalue weighted by Crippen LogP contribution is -1.92. The zero-order valence-electron chi connectivity index (χ0n) is 9.53. The van der Waals surface area contributed by atoms with Gasteiger partial charge in [0.2, 0.25) is 0 Å². The van der Waals surface area contributed by atoms with Gasteiger partial charge in [0.25, 0.3) is 5.69 Å². The molecule has 0 fully saturated rings. The fourth-order valence-corrected chi connectivity index (χ4v) is 2.61. The zero-order chi connectivity index (χ0) is 13.4. The molecule has 1 aliphatic heterocycles. The van der Waals surface area contributed by atoms with Crippen LogP contribution in [0.3, 0.4) is 0 Å². The van der Waals surface area contributed by atoms with Crippen LogP contribution in [-0.2, 0) is 4.74 Å². The molecule has 0 bridgehead atoms. The molecule has 1 aromatic heterocycles. The number of thiophene rings is 1. The lowest BCUT2D eigenvalue weighted by Gasteiger charge is -1.96. The van der Waals surface area contributed by atoms with E-state index < -0.39 is 10.9 Å². The standard InChI is InChI=1S/C13H7NO4S/c15-13-11-4-2-1-3-10(11)12(18-13)6-9-5-8(7-19-9)14(16)17/h1-7H/b12-6+. The summed E-state index contributed by atoms with van der Waals surface area (Å²) in [5.41, 5.74) is 1.26. The number of cyclic esters (lactones) is 1. The van der Waals surface area contributed by atoms with Crippen molar-refractivity contribution in [1.82, 2.24) is 0 Å². The van der Waals surface area contributed by atoms with Crippen LogP contribution < -0.4 is 0 Å². The van der Waals surface area contributed by atoms with Gasteiger partial charge in [0.15, 0.2) is 0 Å². The number of nitrogens with zero attached hydrogens (tertiary/aromatic N) is 1. The molecular weight excluding hydrogens is 266 g/mol. The molecular formula is C13H7NO4S. The van der Waals surface area contributed by atoms with Gasteiger partial charge in [0.1, 0.15) is 5.76 Å². The molecule has 2 heterocycles. The average Bonchev–Trinajstić information content (AvgIpc) is 2.97. The third-order valence-electron chi connectivity index (χ3n) is 2.71. The van der Waals surface area contributed by atoms with Crippen molar-refractivity contribution in [1.29, 1.82) is 0 Å². The highest BCUT2D eigenvalue weighted by Gasteiger charge is 2.25. The summed E-state index contributed by atoms with van der Waals surface area (Å²) in [7, 11) is 0. The number of hydrogen-bond donors (Lipinski definition) is 0. The summed E-state index contributed by atoms with van der Waals surface area (Å²) in [4.78, 5) is 22.4. The Labute approximate surface area is 111 Å². The van der Waals surface area contributed by atoms with Crippen molar-refractivity contribution in [2.75, 3.05) is 0 Å². The fourth-order valence-electron chi connectivity index (χ4n) is 1.84. The van der Waals surface area contributed by atoms with Gasteiger partial charge >= 0.3 is 5.97 Å². The lowest BCUT2D eigenvalue weighted by atomic mass is 10.1. The van der Waals surface area contributed by atoms with E-state index in [1.807, 2.05) is 6.07 Å². The number of hydrogen-bond acceptors (Lipinski definition) is 5. The Bertz CT molecular complexity index is 717. The molecule has 1 aliphatic rings. The maximum Gasteiger partial charge on any atom is 0.344 e. The summed E-state index contributed by atoms with van der Waals surface area (Å²) in [5.74, 6) is 0.0326. The SMILES string of the molecule is O=C1O/C(=C/c2cc([N+](=O)[O-])cs2)c2ccccc21. The molecule has 3 rings (SSSR count). The van der Waals surface area contributed by atoms with Crippen LogP contribution >= 0.6 is 11.3 Å². The lowest BCUT2D eigenvalue weighted by molar-refractivity contribution is -0.384. The van der Waals surface area contributed by atoms with Gasteiger partial charge in [-0.15, -0.1) is 11.3 Å². The van der Waals surface area contributed by atoms with E-state index in [1.165, 1.54) is 22.8 Å². The van der Waals surface area contributed by atoms with E-state index in [9.17, 15) is 14.9 Å². The van der Waals surface area contributed by atoms with Crippen LogP contribution in [0.4, 0.5) is 5.69 Å². The summed E-state index contributed by atoms with van der Waals surface area (Å²) in [5, 5.41) is 12.1. The number of benzene rings is 1. The van der Waals surface area contributed by atoms with Crippen LogP contribution in [-0.4, -0.2) is 10.9 Å². The van der Waals surface area contributed by atoms with E-state index in [2.05, 4.69) is 0 Å². The molecule has 1 aromatic carbocycles. The largest absolute Gasteiger partial charge is 0.422 e. The quantitative estimate of drug-likeness (QED) is 0.478. The highest BCUT2D eigenvalue weighted by molar-refractivity contribution is 7.11. The monoisotopic (exact) mass is 273 g/mol. The molecule has 94 valence electrons. The van der Waals surface area contributed by atoms with Crippen LogP contribution in [0.2, 0.25) is 0 Å². The van der Waals surface area contributed by atoms with Crippen LogP contribution in [0.5, 0.6) is 0 Å². The van der Waals surface area contributed by atoms with E-state index in [-0.39, 0.29) is 5.69 Å². The summed E-state index contributed by atoms with van der Waals surface area (Å²) in [6.45, 7) is 0. The summed E-state index contributed by atoms with van der Waals surface area (Å²) in [6, 6.07) is 8.50. The van der Waals surface area contributed by atoms with Gasteiger partial charge in [-0.3, -0.25) is 10.1 Å². The smallest absolute Gasteiger partial charge is 0.344 e. The first kappa shape index (κ1) is 11.6. The number of carbonyl (C=O) groups excluding carboxylic acids is 1. The van der Waals surface area contributed by atoms with Crippen molar-refractivity contribution in [2.45, 2.75) is 0 Å². The van der Waals surface area contributed by atoms with E-state index in [4.69, 9.17) is 4.74 Å². The molecule has 0 saturated heterocycles. The number of rotatable bonds is 2. The first-order valence-corrected chi connectivity index (χ1v) is 6.29. The number of carbonyl (C=O) groups is 1. The van der Waals surface area contributed by atoms with Gasteiger partial charge in [0, 0.05) is 16.5 Å². The van der Waals surface area contributed by atoms with E-state index >= 15 is 0 Å². The molecule has 0 amide bonds. The third-order valence-corrected chi connectivity index (χ3v) is 3.57. The number of fused-ring (bicyclic) bond motifs is 1. The van der Waals surface area contributed by atoms with E-state index in [1.54, 1.807) is 24.3 Å². The molecule has 0 unspecified atom stereocenters. The topological polar surface area (TPSA) is 69.4 Å². The Balaban J connectivity index is 2.01. The van der Waals surface area contributed by atoms with Crippen molar-refractivity contribution < 1.29 is 14.5 Å². The molecule has 0 aliphatic carbocycles. The second-order valence-electron chi connectivity index (χ2n) is 3.91. The summed E-state index contributed by atoms with van der Waals surface area (Å²) in [6.07, 6.45) is 1.64. The van der Waals surface area contributed by atoms with Crippen molar-refractivity contribution in [3.05, 3.63) is 61.8 Å². The molecule has 0 radical (unpaired) electrons. The Morgan fingerprint density at radius 1 is 1.26 bits per heavy atom. The van der Waals surface area contributed by atoms with Gasteiger partial charge in [0.05, 0.1) is 15.9 Å². The fraction of sp³-hybridized carbons (Fsp3) is 0. The Hall–Kier alpha value is -2.47. The Morgan fingerprint density at radius 3 is 2.68 bits per heavy atom. The second-order valence-corrected chi connectivity index (χ2v) is 4.85. The Kier molecular flexibility index (Phi) is 2.64. The zero-order valence-corrected chi connectivity index (χ0v) is 10.3. The predicted octanol–water partition coefficient (Wildman–Crippen LogP) is 3.32. The predicted molar refractivity (Wildman–Crippen MR) is 70.7 cm³/mol. The van der Waals surface area contributed by atoms with Crippen molar-refractivity contribution in [3.8, 4) is 0 Å². The molecule has 5 nitrogen and oxygen atoms in total. The highest BCUT2D eigenvalue weighted by Crippen LogP contribution is 2.33. The molecule has 2 aromatic rings. The first-order chi connectivity index (χ1) is 9.15. The van der Waals surface area contributed by atoms with Crippen molar-refractivity contribution in [2.24, 2.45) is 0 Å². The van der Waals surface area contributed by atoms with E-state index in [0.717, 1.165) is 0 Å². The second kappa shape index (κ2) is 4.33. The van der Waals surface area contributed by atoms with Crippen LogP contribution in [0.15, 0.2) is 35.7 Å². The summed E-state index contributed by atoms with van der Waals surface area (Å²) >= 11 is 1.23. The highest BCUT2D eigenvalue weighted by atomic mass is 32.1. The normalized spacial score (nSPS) is 15.4. The minimum absolute atomic E-state index is 0.0365. The van der Waals surface area contributed by atoms with Gasteiger partial charge in [-0.25, -0.2) is 4.79 Å². The molecule has 0 N–H and O–H groups in total. The van der Waals surface area contributed by atoms with Gasteiger partial charge in [-0.05, 0) is 12.1 Å². The Morgan fingerprint density at radius 2 is 2.00 bits per heavy atom. The molecule has 19 heavy (non-hydrogen) atoms. The van der Waals surface area contributed by atoms with Crippen molar-refractivity contribution in [3.63, 3.8) is 0 Å². The molecule has 0 spiro atoms. The van der Waals surface area contributed by atoms with Gasteiger partial charge < -0.3 is 4.74 Å². The molecule has 6 heteroatoms. The van der Waals surface area contributed by atoms with Crippen molar-refractivity contribution >= 4 is 34.8 Å². The average molecular weight is 273 g/mol. The summed E-state index contributed by atoms with van der Waals surface area (Å²) < 4.78 is 5.16. The maximum absolute atomic E-state index is 11.6. The van der Waals surface area contributed by atoms with Gasteiger partial charge in [-0.1, -0.05) is 18.2 Å². The number of ether oxygens (including phenoxy) is 1. The third kappa shape index (κ3) is 2.02. The van der Waals surface area contributed by atoms with Crippen LogP contribution in [0, 0.1) is 10.1 Å². The minimum Gasteiger partial charge on any atom is -0.422 e. The maximum atomic E-state index is 11.6. The minimum atomic E-state index is -0.451. The van der Waals surface area contributed by atoms with Crippen LogP contribution in [0.25, 0.3) is 11.8 Å². The number of nitro groups is 1. The molecule has 0 atom stereocenters. The molecule has 0 saturated carbocycles. The van der Waals surface area contributed by atoms with Crippen LogP contribution in [0.1, 0.15) is 20.8 Å². The first-order valence-electron chi connectivity index (χ1n) is 5.41. The number of esters is 1. The van der Waals surface area contributed by atoms with E-state index in [0.29, 0.717) is 21.8 Å². The van der Waals surface area contributed by atoms with Gasteiger partial charge in [-0.2, -0.15) is 0 Å².